The number of rotatable bonds is 2. The molecule has 17 heavy (non-hydrogen) atoms. The van der Waals surface area contributed by atoms with Crippen molar-refractivity contribution < 1.29 is 19.0 Å². The molecule has 0 spiro atoms. The van der Waals surface area contributed by atoms with Crippen molar-refractivity contribution in [3.05, 3.63) is 0 Å². The first-order chi connectivity index (χ1) is 7.52. The average molecular weight is 244 g/mol. The van der Waals surface area contributed by atoms with Crippen LogP contribution >= 0.6 is 0 Å². The summed E-state index contributed by atoms with van der Waals surface area (Å²) < 4.78 is 16.7. The van der Waals surface area contributed by atoms with Crippen molar-refractivity contribution in [2.45, 2.75) is 72.1 Å². The van der Waals surface area contributed by atoms with E-state index in [9.17, 15) is 4.79 Å². The molecule has 0 aromatic heterocycles. The Bertz CT molecular complexity index is 290. The fourth-order valence-electron chi connectivity index (χ4n) is 2.00. The van der Waals surface area contributed by atoms with Gasteiger partial charge in [-0.2, -0.15) is 0 Å². The van der Waals surface area contributed by atoms with Crippen LogP contribution in [-0.2, 0) is 19.0 Å². The van der Waals surface area contributed by atoms with Crippen molar-refractivity contribution in [1.82, 2.24) is 0 Å². The maximum absolute atomic E-state index is 11.9. The van der Waals surface area contributed by atoms with Crippen LogP contribution in [0.5, 0.6) is 0 Å². The third kappa shape index (κ3) is 3.96. The molecular weight excluding hydrogens is 220 g/mol. The Balaban J connectivity index is 2.65. The minimum absolute atomic E-state index is 0.104. The minimum Gasteiger partial charge on any atom is -0.460 e. The summed E-state index contributed by atoms with van der Waals surface area (Å²) in [5, 5.41) is 0. The summed E-state index contributed by atoms with van der Waals surface area (Å²) in [4.78, 5) is 11.9. The first kappa shape index (κ1) is 14.5. The first-order valence-corrected chi connectivity index (χ1v) is 6.10. The normalized spacial score (nSPS) is 30.1. The molecule has 0 saturated carbocycles. The van der Waals surface area contributed by atoms with E-state index < -0.39 is 11.4 Å². The molecule has 3 atom stereocenters. The molecule has 0 amide bonds. The topological polar surface area (TPSA) is 44.8 Å². The van der Waals surface area contributed by atoms with Gasteiger partial charge in [-0.1, -0.05) is 0 Å². The molecule has 1 saturated heterocycles. The summed E-state index contributed by atoms with van der Waals surface area (Å²) in [7, 11) is 0. The third-order valence-electron chi connectivity index (χ3n) is 2.62. The van der Waals surface area contributed by atoms with E-state index >= 15 is 0 Å². The number of hydrogen-bond donors (Lipinski definition) is 0. The first-order valence-electron chi connectivity index (χ1n) is 6.10. The monoisotopic (exact) mass is 244 g/mol. The van der Waals surface area contributed by atoms with Crippen molar-refractivity contribution in [3.8, 4) is 0 Å². The van der Waals surface area contributed by atoms with Gasteiger partial charge in [0, 0.05) is 0 Å². The second-order valence-electron chi connectivity index (χ2n) is 6.13. The molecule has 0 unspecified atom stereocenters. The van der Waals surface area contributed by atoms with Gasteiger partial charge in [0.05, 0.1) is 18.1 Å². The molecule has 1 rings (SSSR count). The van der Waals surface area contributed by atoms with E-state index in [4.69, 9.17) is 14.2 Å². The summed E-state index contributed by atoms with van der Waals surface area (Å²) in [5.41, 5.74) is -0.469. The molecular formula is C13H24O4. The average Bonchev–Trinajstić information content (AvgIpc) is 2.35. The van der Waals surface area contributed by atoms with Crippen molar-refractivity contribution in [2.24, 2.45) is 5.92 Å². The molecule has 1 fully saturated rings. The molecule has 0 aromatic carbocycles. The Morgan fingerprint density at radius 1 is 1.29 bits per heavy atom. The van der Waals surface area contributed by atoms with Gasteiger partial charge in [0.1, 0.15) is 5.60 Å². The summed E-state index contributed by atoms with van der Waals surface area (Å²) in [6.07, 6.45) is -0.354. The molecule has 0 N–H and O–H groups in total. The number of carbonyl (C=O) groups excluding carboxylic acids is 1. The molecule has 1 aliphatic rings. The van der Waals surface area contributed by atoms with E-state index in [0.717, 1.165) is 0 Å². The number of ether oxygens (including phenoxy) is 3. The standard InChI is InChI=1S/C13H24O4/c1-8(11(14)17-12(3,4)5)10-9(2)15-13(6,7)16-10/h8-10H,1-7H3/t8-,9+,10+/m0/s1. The van der Waals surface area contributed by atoms with Crippen LogP contribution in [-0.4, -0.2) is 29.6 Å². The van der Waals surface area contributed by atoms with Gasteiger partial charge in [-0.3, -0.25) is 4.79 Å². The van der Waals surface area contributed by atoms with Crippen LogP contribution in [0, 0.1) is 5.92 Å². The minimum atomic E-state index is -0.625. The zero-order valence-corrected chi connectivity index (χ0v) is 11.9. The van der Waals surface area contributed by atoms with Gasteiger partial charge in [0.25, 0.3) is 0 Å². The van der Waals surface area contributed by atoms with Crippen LogP contribution < -0.4 is 0 Å². The lowest BCUT2D eigenvalue weighted by Gasteiger charge is -2.26. The summed E-state index contributed by atoms with van der Waals surface area (Å²) in [5.74, 6) is -1.19. The lowest BCUT2D eigenvalue weighted by Crippen LogP contribution is -2.37. The van der Waals surface area contributed by atoms with Gasteiger partial charge in [-0.05, 0) is 48.5 Å². The Morgan fingerprint density at radius 2 is 1.82 bits per heavy atom. The highest BCUT2D eigenvalue weighted by atomic mass is 16.8. The molecule has 0 aromatic rings. The SMILES string of the molecule is C[C@H](C(=O)OC(C)(C)C)[C@H]1OC(C)(C)O[C@@H]1C. The van der Waals surface area contributed by atoms with Crippen molar-refractivity contribution in [3.63, 3.8) is 0 Å². The van der Waals surface area contributed by atoms with Crippen molar-refractivity contribution in [2.75, 3.05) is 0 Å². The molecule has 1 heterocycles. The fraction of sp³-hybridized carbons (Fsp3) is 0.923. The van der Waals surface area contributed by atoms with Crippen LogP contribution in [0.2, 0.25) is 0 Å². The second kappa shape index (κ2) is 4.58. The number of esters is 1. The van der Waals surface area contributed by atoms with Crippen LogP contribution in [0.15, 0.2) is 0 Å². The summed E-state index contributed by atoms with van der Waals surface area (Å²) in [6, 6.07) is 0. The largest absolute Gasteiger partial charge is 0.460 e. The van der Waals surface area contributed by atoms with Gasteiger partial charge in [0.2, 0.25) is 0 Å². The van der Waals surface area contributed by atoms with Crippen LogP contribution in [0.25, 0.3) is 0 Å². The molecule has 0 aliphatic carbocycles. The van der Waals surface area contributed by atoms with E-state index in [1.165, 1.54) is 0 Å². The molecule has 1 aliphatic heterocycles. The second-order valence-corrected chi connectivity index (χ2v) is 6.13. The molecule has 4 nitrogen and oxygen atoms in total. The lowest BCUT2D eigenvalue weighted by molar-refractivity contribution is -0.170. The zero-order chi connectivity index (χ0) is 13.4. The van der Waals surface area contributed by atoms with Gasteiger partial charge in [0.15, 0.2) is 5.79 Å². The molecule has 0 bridgehead atoms. The van der Waals surface area contributed by atoms with Crippen molar-refractivity contribution >= 4 is 5.97 Å². The van der Waals surface area contributed by atoms with Gasteiger partial charge < -0.3 is 14.2 Å². The van der Waals surface area contributed by atoms with E-state index in [2.05, 4.69) is 0 Å². The maximum atomic E-state index is 11.9. The van der Waals surface area contributed by atoms with Gasteiger partial charge in [-0.25, -0.2) is 0 Å². The molecule has 0 radical (unpaired) electrons. The summed E-state index contributed by atoms with van der Waals surface area (Å²) in [6.45, 7) is 13.0. The lowest BCUT2D eigenvalue weighted by atomic mass is 10.0. The maximum Gasteiger partial charge on any atom is 0.311 e. The number of carbonyl (C=O) groups is 1. The molecule has 4 heteroatoms. The van der Waals surface area contributed by atoms with Gasteiger partial charge >= 0.3 is 5.97 Å². The highest BCUT2D eigenvalue weighted by molar-refractivity contribution is 5.73. The zero-order valence-electron chi connectivity index (χ0n) is 11.9. The quantitative estimate of drug-likeness (QED) is 0.700. The molecule has 100 valence electrons. The Labute approximate surface area is 104 Å². The predicted octanol–water partition coefficient (Wildman–Crippen LogP) is 2.50. The van der Waals surface area contributed by atoms with Crippen LogP contribution in [0.4, 0.5) is 0 Å². The Kier molecular flexibility index (Phi) is 3.89. The van der Waals surface area contributed by atoms with E-state index in [0.29, 0.717) is 0 Å². The predicted molar refractivity (Wildman–Crippen MR) is 64.5 cm³/mol. The van der Waals surface area contributed by atoms with E-state index in [1.54, 1.807) is 0 Å². The van der Waals surface area contributed by atoms with Gasteiger partial charge in [-0.15, -0.1) is 0 Å². The summed E-state index contributed by atoms with van der Waals surface area (Å²) >= 11 is 0. The van der Waals surface area contributed by atoms with Crippen LogP contribution in [0.1, 0.15) is 48.5 Å². The Hall–Kier alpha value is -0.610. The number of hydrogen-bond acceptors (Lipinski definition) is 4. The van der Waals surface area contributed by atoms with Crippen LogP contribution in [0.3, 0.4) is 0 Å². The highest BCUT2D eigenvalue weighted by Crippen LogP contribution is 2.32. The van der Waals surface area contributed by atoms with Crippen molar-refractivity contribution in [1.29, 1.82) is 0 Å². The van der Waals surface area contributed by atoms with E-state index in [1.807, 2.05) is 48.5 Å². The smallest absolute Gasteiger partial charge is 0.311 e. The fourth-order valence-corrected chi connectivity index (χ4v) is 2.00. The highest BCUT2D eigenvalue weighted by Gasteiger charge is 2.44. The Morgan fingerprint density at radius 3 is 2.18 bits per heavy atom. The van der Waals surface area contributed by atoms with E-state index in [-0.39, 0.29) is 24.1 Å². The third-order valence-corrected chi connectivity index (χ3v) is 2.62.